The molecule has 30 heavy (non-hydrogen) atoms. The zero-order valence-corrected chi connectivity index (χ0v) is 16.8. The highest BCUT2D eigenvalue weighted by Crippen LogP contribution is 2.25. The maximum atomic E-state index is 13.2. The Morgan fingerprint density at radius 3 is 2.57 bits per heavy atom. The van der Waals surface area contributed by atoms with E-state index in [1.54, 1.807) is 17.0 Å². The van der Waals surface area contributed by atoms with Crippen molar-refractivity contribution in [2.45, 2.75) is 18.9 Å². The lowest BCUT2D eigenvalue weighted by molar-refractivity contribution is -0.552. The lowest BCUT2D eigenvalue weighted by Gasteiger charge is -2.07. The molecule has 1 unspecified atom stereocenters. The number of aromatic nitrogens is 2. The minimum absolute atomic E-state index is 0.0201. The first-order valence-corrected chi connectivity index (χ1v) is 10.1. The van der Waals surface area contributed by atoms with Gasteiger partial charge in [-0.3, -0.25) is 5.32 Å². The molecule has 0 bridgehead atoms. The van der Waals surface area contributed by atoms with Gasteiger partial charge in [-0.15, -0.1) is 0 Å². The van der Waals surface area contributed by atoms with Crippen LogP contribution in [0.3, 0.4) is 0 Å². The zero-order valence-electron chi connectivity index (χ0n) is 16.1. The van der Waals surface area contributed by atoms with Crippen molar-refractivity contribution in [1.82, 2.24) is 4.98 Å². The number of halogens is 1. The number of anilines is 1. The molecule has 3 heterocycles. The fourth-order valence-electron chi connectivity index (χ4n) is 3.71. The molecular formula is C24H19ClN3O2+. The molecule has 5 rings (SSSR count). The summed E-state index contributed by atoms with van der Waals surface area (Å²) in [6.07, 6.45) is 4.51. The van der Waals surface area contributed by atoms with Crippen molar-refractivity contribution in [2.24, 2.45) is 0 Å². The van der Waals surface area contributed by atoms with Crippen molar-refractivity contribution < 1.29 is 13.8 Å². The van der Waals surface area contributed by atoms with Gasteiger partial charge in [-0.1, -0.05) is 54.1 Å². The molecule has 1 aliphatic rings. The summed E-state index contributed by atoms with van der Waals surface area (Å²) in [5, 5.41) is 4.03. The third-order valence-electron chi connectivity index (χ3n) is 5.21. The second-order valence-corrected chi connectivity index (χ2v) is 7.72. The fraction of sp³-hybridized carbons (Fsp3) is 0.125. The number of carbonyl (C=O) groups excluding carboxylic acids is 1. The number of nitrogens with one attached hydrogen (secondary N) is 1. The zero-order chi connectivity index (χ0) is 20.5. The SMILES string of the molecule is O=C1C(Cc2ccco2)Nc2c(Cc3ccccc3)nc(-c3ccc(Cl)cc3)c[n+]21. The Balaban J connectivity index is 1.56. The van der Waals surface area contributed by atoms with Crippen molar-refractivity contribution in [1.29, 1.82) is 0 Å². The maximum absolute atomic E-state index is 13.2. The van der Waals surface area contributed by atoms with Crippen LogP contribution < -0.4 is 9.88 Å². The lowest BCUT2D eigenvalue weighted by atomic mass is 10.1. The molecule has 6 heteroatoms. The molecule has 1 aliphatic heterocycles. The van der Waals surface area contributed by atoms with Crippen molar-refractivity contribution in [2.75, 3.05) is 5.32 Å². The Morgan fingerprint density at radius 1 is 1.03 bits per heavy atom. The predicted octanol–water partition coefficient (Wildman–Crippen LogP) is 4.55. The molecule has 2 aromatic carbocycles. The molecule has 0 saturated heterocycles. The van der Waals surface area contributed by atoms with Crippen LogP contribution in [0.2, 0.25) is 5.02 Å². The number of carbonyl (C=O) groups is 1. The maximum Gasteiger partial charge on any atom is 0.359 e. The highest BCUT2D eigenvalue weighted by atomic mass is 35.5. The monoisotopic (exact) mass is 416 g/mol. The van der Waals surface area contributed by atoms with Gasteiger partial charge in [0.1, 0.15) is 23.3 Å². The van der Waals surface area contributed by atoms with Gasteiger partial charge in [-0.05, 0) is 29.8 Å². The number of hydrogen-bond donors (Lipinski definition) is 1. The van der Waals surface area contributed by atoms with E-state index < -0.39 is 6.04 Å². The summed E-state index contributed by atoms with van der Waals surface area (Å²) < 4.78 is 7.13. The van der Waals surface area contributed by atoms with Gasteiger partial charge in [0.05, 0.1) is 12.7 Å². The average Bonchev–Trinajstić information content (AvgIpc) is 3.38. The Morgan fingerprint density at radius 2 is 1.83 bits per heavy atom. The molecule has 4 aromatic rings. The number of fused-ring (bicyclic) bond motifs is 1. The van der Waals surface area contributed by atoms with Gasteiger partial charge < -0.3 is 4.42 Å². The summed E-state index contributed by atoms with van der Waals surface area (Å²) in [6.45, 7) is 0. The van der Waals surface area contributed by atoms with Crippen LogP contribution in [0.15, 0.2) is 83.6 Å². The van der Waals surface area contributed by atoms with Crippen molar-refractivity contribution >= 4 is 23.3 Å². The molecule has 0 fully saturated rings. The Hall–Kier alpha value is -3.44. The van der Waals surface area contributed by atoms with E-state index >= 15 is 0 Å². The Bertz CT molecular complexity index is 1190. The fourth-order valence-corrected chi connectivity index (χ4v) is 3.84. The molecule has 0 aliphatic carbocycles. The van der Waals surface area contributed by atoms with Gasteiger partial charge in [0.15, 0.2) is 0 Å². The van der Waals surface area contributed by atoms with Crippen LogP contribution >= 0.6 is 11.6 Å². The summed E-state index contributed by atoms with van der Waals surface area (Å²) in [5.41, 5.74) is 3.59. The number of nitrogens with zero attached hydrogens (tertiary/aromatic N) is 2. The first kappa shape index (κ1) is 18.6. The molecule has 0 radical (unpaired) electrons. The first-order chi connectivity index (χ1) is 14.7. The summed E-state index contributed by atoms with van der Waals surface area (Å²) in [7, 11) is 0. The Labute approximate surface area is 179 Å². The van der Waals surface area contributed by atoms with Crippen molar-refractivity contribution in [3.63, 3.8) is 0 Å². The van der Waals surface area contributed by atoms with Crippen LogP contribution in [0.5, 0.6) is 0 Å². The van der Waals surface area contributed by atoms with E-state index in [-0.39, 0.29) is 5.91 Å². The van der Waals surface area contributed by atoms with E-state index in [1.165, 1.54) is 0 Å². The van der Waals surface area contributed by atoms with E-state index in [1.807, 2.05) is 54.6 Å². The van der Waals surface area contributed by atoms with Gasteiger partial charge in [0.2, 0.25) is 6.04 Å². The minimum Gasteiger partial charge on any atom is -0.469 e. The largest absolute Gasteiger partial charge is 0.469 e. The average molecular weight is 417 g/mol. The van der Waals surface area contributed by atoms with Gasteiger partial charge in [-0.2, -0.15) is 4.57 Å². The van der Waals surface area contributed by atoms with Crippen LogP contribution in [0.1, 0.15) is 21.8 Å². The van der Waals surface area contributed by atoms with E-state index in [2.05, 4.69) is 17.4 Å². The van der Waals surface area contributed by atoms with Crippen LogP contribution in [-0.4, -0.2) is 16.9 Å². The van der Waals surface area contributed by atoms with Crippen molar-refractivity contribution in [3.05, 3.63) is 101 Å². The van der Waals surface area contributed by atoms with Crippen molar-refractivity contribution in [3.8, 4) is 11.3 Å². The highest BCUT2D eigenvalue weighted by Gasteiger charge is 2.41. The molecular weight excluding hydrogens is 398 g/mol. The summed E-state index contributed by atoms with van der Waals surface area (Å²) in [5.74, 6) is 1.48. The quantitative estimate of drug-likeness (QED) is 0.485. The molecule has 5 nitrogen and oxygen atoms in total. The number of hydrogen-bond acceptors (Lipinski definition) is 4. The molecule has 148 valence electrons. The lowest BCUT2D eigenvalue weighted by Crippen LogP contribution is -2.44. The minimum atomic E-state index is -0.395. The number of benzene rings is 2. The second-order valence-electron chi connectivity index (χ2n) is 7.28. The highest BCUT2D eigenvalue weighted by molar-refractivity contribution is 6.30. The topological polar surface area (TPSA) is 59.0 Å². The van der Waals surface area contributed by atoms with Gasteiger partial charge >= 0.3 is 11.7 Å². The van der Waals surface area contributed by atoms with E-state index in [4.69, 9.17) is 21.0 Å². The summed E-state index contributed by atoms with van der Waals surface area (Å²) in [6, 6.07) is 20.9. The summed E-state index contributed by atoms with van der Waals surface area (Å²) in [4.78, 5) is 18.1. The molecule has 2 aromatic heterocycles. The molecule has 1 N–H and O–H groups in total. The second kappa shape index (κ2) is 7.76. The first-order valence-electron chi connectivity index (χ1n) is 9.76. The molecule has 0 saturated carbocycles. The normalized spacial score (nSPS) is 15.1. The van der Waals surface area contributed by atoms with Crippen LogP contribution in [0.4, 0.5) is 5.82 Å². The van der Waals surface area contributed by atoms with E-state index in [9.17, 15) is 4.79 Å². The van der Waals surface area contributed by atoms with Gasteiger partial charge in [0, 0.05) is 17.0 Å². The molecule has 1 atom stereocenters. The van der Waals surface area contributed by atoms with Crippen LogP contribution in [0, 0.1) is 0 Å². The summed E-state index contributed by atoms with van der Waals surface area (Å²) >= 11 is 6.04. The third kappa shape index (κ3) is 3.60. The molecule has 0 amide bonds. The van der Waals surface area contributed by atoms with Gasteiger partial charge in [-0.25, -0.2) is 9.78 Å². The third-order valence-corrected chi connectivity index (χ3v) is 5.46. The van der Waals surface area contributed by atoms with E-state index in [0.29, 0.717) is 17.9 Å². The number of furan rings is 1. The predicted molar refractivity (Wildman–Crippen MR) is 115 cm³/mol. The molecule has 0 spiro atoms. The van der Waals surface area contributed by atoms with Crippen LogP contribution in [-0.2, 0) is 12.8 Å². The standard InChI is InChI=1S/C24H18ClN3O2/c25-18-10-8-17(9-11-18)22-15-28-23(20(26-22)13-16-5-2-1-3-6-16)27-21(24(28)29)14-19-7-4-12-30-19/h1-12,15,21H,13-14H2/p+1. The Kier molecular flexibility index (Phi) is 4.81. The van der Waals surface area contributed by atoms with Crippen LogP contribution in [0.25, 0.3) is 11.3 Å². The number of rotatable bonds is 5. The van der Waals surface area contributed by atoms with E-state index in [0.717, 1.165) is 34.1 Å². The smallest absolute Gasteiger partial charge is 0.359 e. The van der Waals surface area contributed by atoms with Gasteiger partial charge in [0.25, 0.3) is 0 Å².